The lowest BCUT2D eigenvalue weighted by Gasteiger charge is -2.17. The molecule has 0 aliphatic rings. The highest BCUT2D eigenvalue weighted by Gasteiger charge is 2.17. The van der Waals surface area contributed by atoms with Gasteiger partial charge in [-0.25, -0.2) is 0 Å². The Labute approximate surface area is 110 Å². The molecule has 100 valence electrons. The zero-order valence-electron chi connectivity index (χ0n) is 11.6. The molecule has 3 heteroatoms. The maximum Gasteiger partial charge on any atom is 0.241 e. The third-order valence-electron chi connectivity index (χ3n) is 3.10. The maximum atomic E-state index is 12.0. The summed E-state index contributed by atoms with van der Waals surface area (Å²) in [5, 5.41) is 2.96. The predicted molar refractivity (Wildman–Crippen MR) is 75.2 cm³/mol. The zero-order chi connectivity index (χ0) is 13.5. The first-order chi connectivity index (χ1) is 8.54. The van der Waals surface area contributed by atoms with Crippen molar-refractivity contribution in [3.05, 3.63) is 35.4 Å². The first-order valence-electron chi connectivity index (χ1n) is 6.67. The fraction of sp³-hybridized carbons (Fsp3) is 0.533. The van der Waals surface area contributed by atoms with Crippen LogP contribution in [0.15, 0.2) is 24.3 Å². The monoisotopic (exact) mass is 248 g/mol. The summed E-state index contributed by atoms with van der Waals surface area (Å²) >= 11 is 0. The number of amides is 1. The van der Waals surface area contributed by atoms with Gasteiger partial charge in [0, 0.05) is 6.04 Å². The van der Waals surface area contributed by atoms with E-state index in [0.29, 0.717) is 0 Å². The van der Waals surface area contributed by atoms with E-state index in [1.807, 2.05) is 38.1 Å². The van der Waals surface area contributed by atoms with Gasteiger partial charge in [0.25, 0.3) is 0 Å². The van der Waals surface area contributed by atoms with E-state index in [2.05, 4.69) is 12.2 Å². The Hall–Kier alpha value is -1.35. The van der Waals surface area contributed by atoms with Gasteiger partial charge in [0.15, 0.2) is 0 Å². The van der Waals surface area contributed by atoms with Gasteiger partial charge in [0.2, 0.25) is 5.91 Å². The van der Waals surface area contributed by atoms with Crippen LogP contribution in [0.5, 0.6) is 0 Å². The molecule has 0 radical (unpaired) electrons. The molecule has 0 aliphatic heterocycles. The summed E-state index contributed by atoms with van der Waals surface area (Å²) in [7, 11) is 0. The minimum Gasteiger partial charge on any atom is -0.352 e. The number of rotatable bonds is 6. The highest BCUT2D eigenvalue weighted by atomic mass is 16.2. The fourth-order valence-electron chi connectivity index (χ4n) is 1.84. The number of carbonyl (C=O) groups excluding carboxylic acids is 1. The molecule has 0 bridgehead atoms. The molecular weight excluding hydrogens is 224 g/mol. The average molecular weight is 248 g/mol. The van der Waals surface area contributed by atoms with Crippen molar-refractivity contribution in [3.63, 3.8) is 0 Å². The van der Waals surface area contributed by atoms with Crippen molar-refractivity contribution in [2.24, 2.45) is 5.73 Å². The third kappa shape index (κ3) is 4.49. The molecule has 0 saturated heterocycles. The number of unbranched alkanes of at least 4 members (excludes halogenated alkanes) is 1. The molecule has 0 fully saturated rings. The van der Waals surface area contributed by atoms with Crippen molar-refractivity contribution in [1.82, 2.24) is 5.32 Å². The summed E-state index contributed by atoms with van der Waals surface area (Å²) in [5.41, 5.74) is 7.98. The van der Waals surface area contributed by atoms with E-state index in [1.54, 1.807) is 0 Å². The van der Waals surface area contributed by atoms with Gasteiger partial charge < -0.3 is 11.1 Å². The van der Waals surface area contributed by atoms with Crippen molar-refractivity contribution in [2.45, 2.75) is 52.1 Å². The Balaban J connectivity index is 2.53. The summed E-state index contributed by atoms with van der Waals surface area (Å²) in [6.45, 7) is 6.18. The molecule has 1 aromatic rings. The van der Waals surface area contributed by atoms with Gasteiger partial charge in [0.05, 0.1) is 0 Å². The van der Waals surface area contributed by atoms with E-state index in [0.717, 1.165) is 24.8 Å². The van der Waals surface area contributed by atoms with E-state index >= 15 is 0 Å². The topological polar surface area (TPSA) is 55.1 Å². The van der Waals surface area contributed by atoms with E-state index in [-0.39, 0.29) is 11.9 Å². The van der Waals surface area contributed by atoms with E-state index in [4.69, 9.17) is 5.73 Å². The number of hydrogen-bond donors (Lipinski definition) is 2. The van der Waals surface area contributed by atoms with E-state index in [1.165, 1.54) is 5.56 Å². The van der Waals surface area contributed by atoms with Crippen LogP contribution in [0.3, 0.4) is 0 Å². The normalized spacial score (nSPS) is 14.0. The van der Waals surface area contributed by atoms with Crippen LogP contribution in [-0.4, -0.2) is 11.9 Å². The number of carbonyl (C=O) groups is 1. The summed E-state index contributed by atoms with van der Waals surface area (Å²) < 4.78 is 0. The quantitative estimate of drug-likeness (QED) is 0.813. The number of aryl methyl sites for hydroxylation is 1. The molecule has 0 heterocycles. The molecular formula is C15H24N2O. The lowest BCUT2D eigenvalue weighted by molar-refractivity contribution is -0.123. The second-order valence-electron chi connectivity index (χ2n) is 4.94. The van der Waals surface area contributed by atoms with Crippen LogP contribution < -0.4 is 11.1 Å². The Morgan fingerprint density at radius 2 is 1.94 bits per heavy atom. The van der Waals surface area contributed by atoms with Crippen molar-refractivity contribution >= 4 is 5.91 Å². The smallest absolute Gasteiger partial charge is 0.241 e. The van der Waals surface area contributed by atoms with Crippen LogP contribution in [-0.2, 0) is 4.79 Å². The van der Waals surface area contributed by atoms with Gasteiger partial charge in [-0.3, -0.25) is 4.79 Å². The van der Waals surface area contributed by atoms with Gasteiger partial charge in [-0.15, -0.1) is 0 Å². The Morgan fingerprint density at radius 3 is 2.50 bits per heavy atom. The molecule has 0 spiro atoms. The molecule has 3 nitrogen and oxygen atoms in total. The van der Waals surface area contributed by atoms with Gasteiger partial charge in [-0.1, -0.05) is 49.6 Å². The molecule has 2 atom stereocenters. The Kier molecular flexibility index (Phi) is 5.86. The van der Waals surface area contributed by atoms with Crippen molar-refractivity contribution < 1.29 is 4.79 Å². The molecule has 1 aromatic carbocycles. The Bertz CT molecular complexity index is 373. The highest BCUT2D eigenvalue weighted by molar-refractivity contribution is 5.83. The summed E-state index contributed by atoms with van der Waals surface area (Å²) in [5.74, 6) is -0.0949. The number of nitrogens with two attached hydrogens (primary N) is 1. The first-order valence-corrected chi connectivity index (χ1v) is 6.67. The lowest BCUT2D eigenvalue weighted by atomic mass is 10.0. The van der Waals surface area contributed by atoms with Crippen LogP contribution in [0.25, 0.3) is 0 Å². The fourth-order valence-corrected chi connectivity index (χ4v) is 1.84. The lowest BCUT2D eigenvalue weighted by Crippen LogP contribution is -2.39. The molecule has 3 N–H and O–H groups in total. The van der Waals surface area contributed by atoms with Gasteiger partial charge in [-0.05, 0) is 25.8 Å². The maximum absolute atomic E-state index is 12.0. The highest BCUT2D eigenvalue weighted by Crippen LogP contribution is 2.12. The minimum absolute atomic E-state index is 0.0949. The molecule has 2 unspecified atom stereocenters. The van der Waals surface area contributed by atoms with Gasteiger partial charge in [0.1, 0.15) is 6.04 Å². The molecule has 18 heavy (non-hydrogen) atoms. The largest absolute Gasteiger partial charge is 0.352 e. The molecule has 0 saturated carbocycles. The number of hydrogen-bond acceptors (Lipinski definition) is 2. The van der Waals surface area contributed by atoms with Gasteiger partial charge in [-0.2, -0.15) is 0 Å². The SMILES string of the molecule is CCCCC(C)NC(=O)C(N)c1ccc(C)cc1. The first kappa shape index (κ1) is 14.7. The number of benzene rings is 1. The Morgan fingerprint density at radius 1 is 1.33 bits per heavy atom. The molecule has 0 aromatic heterocycles. The van der Waals surface area contributed by atoms with Crippen LogP contribution in [0.4, 0.5) is 0 Å². The zero-order valence-corrected chi connectivity index (χ0v) is 11.6. The predicted octanol–water partition coefficient (Wildman–Crippen LogP) is 2.69. The average Bonchev–Trinajstić information content (AvgIpc) is 2.36. The van der Waals surface area contributed by atoms with Crippen LogP contribution in [0.1, 0.15) is 50.3 Å². The second-order valence-corrected chi connectivity index (χ2v) is 4.94. The van der Waals surface area contributed by atoms with Crippen LogP contribution in [0.2, 0.25) is 0 Å². The second kappa shape index (κ2) is 7.17. The van der Waals surface area contributed by atoms with Crippen molar-refractivity contribution in [1.29, 1.82) is 0 Å². The van der Waals surface area contributed by atoms with Gasteiger partial charge >= 0.3 is 0 Å². The summed E-state index contributed by atoms with van der Waals surface area (Å²) in [6.07, 6.45) is 3.27. The molecule has 1 rings (SSSR count). The summed E-state index contributed by atoms with van der Waals surface area (Å²) in [6, 6.07) is 7.39. The van der Waals surface area contributed by atoms with E-state index < -0.39 is 6.04 Å². The van der Waals surface area contributed by atoms with Crippen molar-refractivity contribution in [2.75, 3.05) is 0 Å². The third-order valence-corrected chi connectivity index (χ3v) is 3.10. The summed E-state index contributed by atoms with van der Waals surface area (Å²) in [4.78, 5) is 12.0. The van der Waals surface area contributed by atoms with Crippen LogP contribution >= 0.6 is 0 Å². The standard InChI is InChI=1S/C15H24N2O/c1-4-5-6-12(3)17-15(18)14(16)13-9-7-11(2)8-10-13/h7-10,12,14H,4-6,16H2,1-3H3,(H,17,18). The minimum atomic E-state index is -0.574. The number of nitrogens with one attached hydrogen (secondary N) is 1. The molecule has 0 aliphatic carbocycles. The molecule has 1 amide bonds. The van der Waals surface area contributed by atoms with Crippen molar-refractivity contribution in [3.8, 4) is 0 Å². The van der Waals surface area contributed by atoms with E-state index in [9.17, 15) is 4.79 Å². The van der Waals surface area contributed by atoms with Crippen LogP contribution in [0, 0.1) is 6.92 Å².